The number of ether oxygens (including phenoxy) is 3. The van der Waals surface area contributed by atoms with E-state index in [-0.39, 0.29) is 13.0 Å². The highest BCUT2D eigenvalue weighted by Crippen LogP contribution is 2.32. The summed E-state index contributed by atoms with van der Waals surface area (Å²) in [5.41, 5.74) is 2.45. The van der Waals surface area contributed by atoms with E-state index in [0.29, 0.717) is 22.7 Å². The molecule has 2 aromatic carbocycles. The fraction of sp³-hybridized carbons (Fsp3) is 0.367. The SMILES string of the molecule is CO[14c]1[14cH][14cH][14c]([14CH2][14C@@H](NC(=O)OCc2ccccc2)[14C](=O)N[C@H]2[C@@H](O)[C@H](n3cnc4c(N(C)C)ncnc43)O[C@@H]2CO)[14cH][14cH]1. The molecule has 14 heteroatoms. The summed E-state index contributed by atoms with van der Waals surface area (Å²) in [5, 5.41) is 26.9. The molecule has 5 atom stereocenters. The number of methoxy groups -OCH3 is 1. The van der Waals surface area contributed by atoms with Crippen LogP contribution in [-0.4, -0.2) is 93.8 Å². The molecule has 0 saturated carbocycles. The summed E-state index contributed by atoms with van der Waals surface area (Å²) < 4.78 is 18.1. The number of nitrogens with one attached hydrogen (secondary N) is 2. The maximum absolute atomic E-state index is 13.7. The second kappa shape index (κ2) is 13.7. The van der Waals surface area contributed by atoms with E-state index >= 15 is 0 Å². The Morgan fingerprint density at radius 1 is 1.23 bits per heavy atom. The third-order valence-corrected chi connectivity index (χ3v) is 7.32. The summed E-state index contributed by atoms with van der Waals surface area (Å²) in [6.07, 6.45) is -1.10. The van der Waals surface area contributed by atoms with Gasteiger partial charge in [-0.2, -0.15) is 0 Å². The summed E-state index contributed by atoms with van der Waals surface area (Å²) in [7, 11) is 5.20. The molecule has 232 valence electrons. The Balaban J connectivity index is 1.33. The molecule has 14 nitrogen and oxygen atoms in total. The molecule has 4 N–H and O–H groups in total. The Hall–Kier alpha value is -4.79. The van der Waals surface area contributed by atoms with E-state index in [1.165, 1.54) is 17.2 Å². The van der Waals surface area contributed by atoms with Crippen LogP contribution in [0.15, 0.2) is 67.3 Å². The molecule has 4 aromatic rings. The van der Waals surface area contributed by atoms with Gasteiger partial charge in [0.05, 0.1) is 26.1 Å². The molecule has 44 heavy (non-hydrogen) atoms. The van der Waals surface area contributed by atoms with Crippen molar-refractivity contribution in [1.29, 1.82) is 0 Å². The van der Waals surface area contributed by atoms with Gasteiger partial charge in [0.2, 0.25) is 5.91 Å². The Morgan fingerprint density at radius 2 is 1.98 bits per heavy atom. The zero-order valence-corrected chi connectivity index (χ0v) is 24.5. The molecular weight excluding hydrogens is 588 g/mol. The Morgan fingerprint density at radius 3 is 2.66 bits per heavy atom. The normalized spacial score (nSPS) is 20.2. The molecule has 0 spiro atoms. The number of anilines is 1. The molecule has 3 heterocycles. The number of imidazole rings is 1. The van der Waals surface area contributed by atoms with Crippen molar-refractivity contribution in [2.24, 2.45) is 0 Å². The molecule has 0 radical (unpaired) electrons. The van der Waals surface area contributed by atoms with E-state index in [2.05, 4.69) is 25.6 Å². The zero-order chi connectivity index (χ0) is 31.2. The van der Waals surface area contributed by atoms with E-state index in [0.717, 1.165) is 11.1 Å². The van der Waals surface area contributed by atoms with Crippen LogP contribution >= 0.6 is 0 Å². The van der Waals surface area contributed by atoms with Gasteiger partial charge in [-0.15, -0.1) is 0 Å². The molecule has 0 unspecified atom stereocenters. The zero-order valence-electron chi connectivity index (χ0n) is 24.5. The van der Waals surface area contributed by atoms with Crippen LogP contribution in [0.25, 0.3) is 11.2 Å². The van der Waals surface area contributed by atoms with Crippen molar-refractivity contribution in [3.8, 4) is 5.75 Å². The number of amides is 2. The van der Waals surface area contributed by atoms with E-state index in [1.54, 1.807) is 36.3 Å². The second-order valence-corrected chi connectivity index (χ2v) is 10.5. The van der Waals surface area contributed by atoms with Crippen LogP contribution in [0.2, 0.25) is 0 Å². The van der Waals surface area contributed by atoms with Crippen LogP contribution in [0.1, 0.15) is 17.4 Å². The van der Waals surface area contributed by atoms with Crippen LogP contribution in [0, 0.1) is 0 Å². The van der Waals surface area contributed by atoms with Gasteiger partial charge in [0.1, 0.15) is 36.9 Å². The average molecular weight is 624 g/mol. The van der Waals surface area contributed by atoms with Gasteiger partial charge < -0.3 is 40.0 Å². The number of hydrogen-bond acceptors (Lipinski definition) is 11. The minimum atomic E-state index is -1.29. The lowest BCUT2D eigenvalue weighted by molar-refractivity contribution is -0.124. The number of aliphatic hydroxyl groups excluding tert-OH is 2. The van der Waals surface area contributed by atoms with Gasteiger partial charge >= 0.3 is 6.09 Å². The summed E-state index contributed by atoms with van der Waals surface area (Å²) in [6.45, 7) is -0.469. The second-order valence-electron chi connectivity index (χ2n) is 10.5. The molecule has 5 rings (SSSR count). The Bertz CT molecular complexity index is 1570. The number of nitrogens with zero attached hydrogens (tertiary/aromatic N) is 5. The maximum Gasteiger partial charge on any atom is 0.408 e. The Kier molecular flexibility index (Phi) is 9.53. The fourth-order valence-corrected chi connectivity index (χ4v) is 5.04. The first-order valence-corrected chi connectivity index (χ1v) is 14.0. The van der Waals surface area contributed by atoms with Crippen molar-refractivity contribution in [2.75, 3.05) is 32.7 Å². The van der Waals surface area contributed by atoms with Crippen molar-refractivity contribution in [1.82, 2.24) is 30.2 Å². The van der Waals surface area contributed by atoms with Crippen molar-refractivity contribution in [3.63, 3.8) is 0 Å². The van der Waals surface area contributed by atoms with E-state index in [9.17, 15) is 19.8 Å². The van der Waals surface area contributed by atoms with Crippen LogP contribution in [0.4, 0.5) is 10.6 Å². The van der Waals surface area contributed by atoms with Gasteiger partial charge in [-0.25, -0.2) is 19.7 Å². The quantitative estimate of drug-likeness (QED) is 0.189. The first kappa shape index (κ1) is 30.7. The molecule has 1 aliphatic heterocycles. The van der Waals surface area contributed by atoms with E-state index in [1.807, 2.05) is 44.4 Å². The Labute approximate surface area is 253 Å². The van der Waals surface area contributed by atoms with Crippen LogP contribution in [-0.2, 0) is 27.3 Å². The largest absolute Gasteiger partial charge is 0.497 e. The number of benzene rings is 2. The molecule has 1 aliphatic rings. The lowest BCUT2D eigenvalue weighted by atomic mass is 10.1. The minimum Gasteiger partial charge on any atom is -0.497 e. The predicted octanol–water partition coefficient (Wildman–Crippen LogP) is 1.17. The van der Waals surface area contributed by atoms with Crippen molar-refractivity contribution in [3.05, 3.63) is 78.4 Å². The number of fused-ring (bicyclic) bond motifs is 1. The van der Waals surface area contributed by atoms with E-state index < -0.39 is 49.1 Å². The van der Waals surface area contributed by atoms with Gasteiger partial charge in [0, 0.05) is 20.5 Å². The van der Waals surface area contributed by atoms with Crippen molar-refractivity contribution < 1.29 is 34.0 Å². The molecule has 2 amide bonds. The molecule has 0 aliphatic carbocycles. The topological polar surface area (TPSA) is 173 Å². The fourth-order valence-electron chi connectivity index (χ4n) is 5.04. The highest BCUT2D eigenvalue weighted by Gasteiger charge is 2.46. The number of rotatable bonds is 11. The summed E-state index contributed by atoms with van der Waals surface area (Å²) in [6, 6.07) is 14.1. The third-order valence-electron chi connectivity index (χ3n) is 7.32. The first-order valence-electron chi connectivity index (χ1n) is 14.0. The number of carbonyl (C=O) groups excluding carboxylic acids is 2. The third kappa shape index (κ3) is 6.72. The van der Waals surface area contributed by atoms with Gasteiger partial charge in [-0.1, -0.05) is 42.5 Å². The highest BCUT2D eigenvalue weighted by atomic mass is 16.7. The van der Waals surface area contributed by atoms with Gasteiger partial charge in [-0.05, 0) is 23.3 Å². The maximum atomic E-state index is 13.7. The van der Waals surface area contributed by atoms with Gasteiger partial charge in [0.15, 0.2) is 23.2 Å². The lowest BCUT2D eigenvalue weighted by Crippen LogP contribution is -2.55. The number of carbonyl (C=O) groups is 2. The van der Waals surface area contributed by atoms with Crippen LogP contribution in [0.3, 0.4) is 0 Å². The summed E-state index contributed by atoms with van der Waals surface area (Å²) >= 11 is 0. The molecular formula is C30H35N7O7. The van der Waals surface area contributed by atoms with Crippen molar-refractivity contribution in [2.45, 2.75) is 43.5 Å². The van der Waals surface area contributed by atoms with Crippen molar-refractivity contribution >= 4 is 29.0 Å². The standard InChI is InChI=1S/C30H35N7O7/c1-36(2)26-24-27(32-16-31-26)37(17-33-24)29-25(39)23(22(14-38)44-29)35-28(40)21(13-18-9-11-20(42-3)12-10-18)34-30(41)43-15-19-7-5-4-6-8-19/h4-12,16-17,21-23,25,29,38-39H,13-15H2,1-3H3,(H,34,41)(H,35,40)/t21-,22-,23-,25-,29-/m1/s1/i9+2,10+2,11+2,12+2,13+2,18+2,20+2,21+2,28+2. The number of aliphatic hydroxyl groups is 2. The molecule has 2 aromatic heterocycles. The lowest BCUT2D eigenvalue weighted by Gasteiger charge is -2.25. The van der Waals surface area contributed by atoms with Crippen LogP contribution in [0.5, 0.6) is 5.75 Å². The molecule has 0 bridgehead atoms. The van der Waals surface area contributed by atoms with Gasteiger partial charge in [0.25, 0.3) is 0 Å². The average Bonchev–Trinajstić information content (AvgIpc) is 3.60. The first-order chi connectivity index (χ1) is 21.3. The van der Waals surface area contributed by atoms with E-state index in [4.69, 9.17) is 14.2 Å². The highest BCUT2D eigenvalue weighted by molar-refractivity contribution is 5.86. The summed E-state index contributed by atoms with van der Waals surface area (Å²) in [4.78, 5) is 41.2. The number of aromatic nitrogens is 4. The minimum absolute atomic E-state index is 0.0188. The number of hydrogen-bond donors (Lipinski definition) is 4. The van der Waals surface area contributed by atoms with Crippen LogP contribution < -0.4 is 20.3 Å². The molecule has 1 saturated heterocycles. The van der Waals surface area contributed by atoms with Gasteiger partial charge in [-0.3, -0.25) is 9.36 Å². The summed E-state index contributed by atoms with van der Waals surface area (Å²) in [5.74, 6) is 0.622. The monoisotopic (exact) mass is 623 g/mol. The smallest absolute Gasteiger partial charge is 0.408 e. The molecule has 1 fully saturated rings. The predicted molar refractivity (Wildman–Crippen MR) is 159 cm³/mol. The number of alkyl carbamates (subject to hydrolysis) is 1.